The fourth-order valence-electron chi connectivity index (χ4n) is 2.31. The quantitative estimate of drug-likeness (QED) is 0.910. The maximum Gasteiger partial charge on any atom is 0.0468 e. The highest BCUT2D eigenvalue weighted by atomic mass is 35.5. The van der Waals surface area contributed by atoms with Crippen molar-refractivity contribution in [2.24, 2.45) is 5.73 Å². The summed E-state index contributed by atoms with van der Waals surface area (Å²) in [5.74, 6) is 0. The van der Waals surface area contributed by atoms with Crippen LogP contribution in [-0.2, 0) is 6.54 Å². The van der Waals surface area contributed by atoms with E-state index in [-0.39, 0.29) is 0 Å². The molecule has 0 unspecified atom stereocenters. The molecule has 100 valence electrons. The average molecular weight is 275 g/mol. The summed E-state index contributed by atoms with van der Waals surface area (Å²) in [6, 6.07) is 12.3. The number of hydrogen-bond donors (Lipinski definition) is 1. The molecular weight excluding hydrogens is 256 g/mol. The molecule has 2 rings (SSSR count). The lowest BCUT2D eigenvalue weighted by Crippen LogP contribution is -2.13. The van der Waals surface area contributed by atoms with Gasteiger partial charge in [0.05, 0.1) is 0 Å². The predicted molar refractivity (Wildman–Crippen MR) is 83.3 cm³/mol. The first-order valence-electron chi connectivity index (χ1n) is 6.32. The van der Waals surface area contributed by atoms with Crippen LogP contribution in [0, 0.1) is 13.8 Å². The summed E-state index contributed by atoms with van der Waals surface area (Å²) >= 11 is 6.10. The van der Waals surface area contributed by atoms with Gasteiger partial charge in [-0.15, -0.1) is 0 Å². The van der Waals surface area contributed by atoms with Crippen LogP contribution in [0.1, 0.15) is 16.7 Å². The normalized spacial score (nSPS) is 10.6. The molecule has 0 aromatic heterocycles. The smallest absolute Gasteiger partial charge is 0.0468 e. The minimum Gasteiger partial charge on any atom is -0.344 e. The van der Waals surface area contributed by atoms with E-state index < -0.39 is 0 Å². The summed E-state index contributed by atoms with van der Waals surface area (Å²) in [5.41, 5.74) is 11.6. The van der Waals surface area contributed by atoms with E-state index in [0.29, 0.717) is 6.54 Å². The molecule has 0 heterocycles. The Kier molecular flexibility index (Phi) is 4.13. The van der Waals surface area contributed by atoms with Crippen molar-refractivity contribution in [2.45, 2.75) is 20.4 Å². The van der Waals surface area contributed by atoms with E-state index in [1.54, 1.807) is 0 Å². The van der Waals surface area contributed by atoms with Crippen LogP contribution in [0.2, 0.25) is 5.02 Å². The Labute approximate surface area is 119 Å². The molecule has 2 nitrogen and oxygen atoms in total. The zero-order valence-electron chi connectivity index (χ0n) is 11.6. The number of anilines is 2. The molecule has 0 radical (unpaired) electrons. The molecule has 0 aliphatic carbocycles. The van der Waals surface area contributed by atoms with Gasteiger partial charge >= 0.3 is 0 Å². The van der Waals surface area contributed by atoms with Gasteiger partial charge < -0.3 is 10.6 Å². The fraction of sp³-hybridized carbons (Fsp3) is 0.250. The number of aryl methyl sites for hydroxylation is 2. The first-order chi connectivity index (χ1) is 9.01. The SMILES string of the molecule is Cc1cc(C)cc(N(C)c2cc(Cl)ccc2CN)c1. The van der Waals surface area contributed by atoms with Gasteiger partial charge in [-0.1, -0.05) is 23.7 Å². The van der Waals surface area contributed by atoms with Crippen LogP contribution in [-0.4, -0.2) is 7.05 Å². The van der Waals surface area contributed by atoms with Crippen LogP contribution in [0.15, 0.2) is 36.4 Å². The molecule has 0 saturated carbocycles. The van der Waals surface area contributed by atoms with E-state index in [1.807, 2.05) is 25.2 Å². The molecule has 2 aromatic rings. The lowest BCUT2D eigenvalue weighted by molar-refractivity contribution is 1.05. The minimum absolute atomic E-state index is 0.502. The van der Waals surface area contributed by atoms with Gasteiger partial charge in [0.2, 0.25) is 0 Å². The van der Waals surface area contributed by atoms with Crippen molar-refractivity contribution in [1.29, 1.82) is 0 Å². The van der Waals surface area contributed by atoms with Crippen LogP contribution in [0.5, 0.6) is 0 Å². The molecule has 2 N–H and O–H groups in total. The standard InChI is InChI=1S/C16H19ClN2/c1-11-6-12(2)8-15(7-11)19(3)16-9-14(17)5-4-13(16)10-18/h4-9H,10,18H2,1-3H3. The van der Waals surface area contributed by atoms with Gasteiger partial charge in [0.15, 0.2) is 0 Å². The zero-order chi connectivity index (χ0) is 14.0. The van der Waals surface area contributed by atoms with Crippen molar-refractivity contribution in [1.82, 2.24) is 0 Å². The number of benzene rings is 2. The van der Waals surface area contributed by atoms with Crippen molar-refractivity contribution < 1.29 is 0 Å². The number of nitrogens with two attached hydrogens (primary N) is 1. The average Bonchev–Trinajstić information content (AvgIpc) is 2.36. The van der Waals surface area contributed by atoms with Crippen molar-refractivity contribution in [3.63, 3.8) is 0 Å². The van der Waals surface area contributed by atoms with Crippen molar-refractivity contribution in [3.05, 3.63) is 58.1 Å². The third-order valence-corrected chi connectivity index (χ3v) is 3.46. The summed E-state index contributed by atoms with van der Waals surface area (Å²) in [4.78, 5) is 2.13. The van der Waals surface area contributed by atoms with E-state index in [0.717, 1.165) is 22.0 Å². The second-order valence-electron chi connectivity index (χ2n) is 4.88. The second-order valence-corrected chi connectivity index (χ2v) is 5.32. The Morgan fingerprint density at radius 2 is 1.68 bits per heavy atom. The fourth-order valence-corrected chi connectivity index (χ4v) is 2.47. The largest absolute Gasteiger partial charge is 0.344 e. The molecule has 0 aliphatic rings. The molecular formula is C16H19ClN2. The second kappa shape index (κ2) is 5.64. The number of rotatable bonds is 3. The lowest BCUT2D eigenvalue weighted by Gasteiger charge is -2.23. The maximum atomic E-state index is 6.10. The predicted octanol–water partition coefficient (Wildman–Crippen LogP) is 4.18. The monoisotopic (exact) mass is 274 g/mol. The van der Waals surface area contributed by atoms with Gasteiger partial charge in [-0.3, -0.25) is 0 Å². The van der Waals surface area contributed by atoms with Crippen LogP contribution in [0.25, 0.3) is 0 Å². The van der Waals surface area contributed by atoms with Crippen molar-refractivity contribution >= 4 is 23.0 Å². The first-order valence-corrected chi connectivity index (χ1v) is 6.69. The third-order valence-electron chi connectivity index (χ3n) is 3.22. The molecule has 0 atom stereocenters. The molecule has 0 amide bonds. The molecule has 0 bridgehead atoms. The van der Waals surface area contributed by atoms with E-state index in [9.17, 15) is 0 Å². The topological polar surface area (TPSA) is 29.3 Å². The van der Waals surface area contributed by atoms with Crippen molar-refractivity contribution in [2.75, 3.05) is 11.9 Å². The van der Waals surface area contributed by atoms with E-state index >= 15 is 0 Å². The summed E-state index contributed by atoms with van der Waals surface area (Å²) in [6.45, 7) is 4.71. The third kappa shape index (κ3) is 3.09. The van der Waals surface area contributed by atoms with Gasteiger partial charge in [-0.25, -0.2) is 0 Å². The van der Waals surface area contributed by atoms with Crippen LogP contribution < -0.4 is 10.6 Å². The summed E-state index contributed by atoms with van der Waals surface area (Å²) < 4.78 is 0. The minimum atomic E-state index is 0.502. The molecule has 0 fully saturated rings. The number of nitrogens with zero attached hydrogens (tertiary/aromatic N) is 1. The van der Waals surface area contributed by atoms with E-state index in [2.05, 4.69) is 36.9 Å². The Morgan fingerprint density at radius 3 is 2.26 bits per heavy atom. The lowest BCUT2D eigenvalue weighted by atomic mass is 10.1. The molecule has 19 heavy (non-hydrogen) atoms. The van der Waals surface area contributed by atoms with Crippen LogP contribution >= 0.6 is 11.6 Å². The highest BCUT2D eigenvalue weighted by molar-refractivity contribution is 6.30. The van der Waals surface area contributed by atoms with Gasteiger partial charge in [0.25, 0.3) is 0 Å². The summed E-state index contributed by atoms with van der Waals surface area (Å²) in [5, 5.41) is 0.725. The Balaban J connectivity index is 2.48. The summed E-state index contributed by atoms with van der Waals surface area (Å²) in [6.07, 6.45) is 0. The molecule has 0 saturated heterocycles. The Morgan fingerprint density at radius 1 is 1.05 bits per heavy atom. The van der Waals surface area contributed by atoms with Gasteiger partial charge in [0.1, 0.15) is 0 Å². The first kappa shape index (κ1) is 13.9. The van der Waals surface area contributed by atoms with Crippen LogP contribution in [0.4, 0.5) is 11.4 Å². The highest BCUT2D eigenvalue weighted by Gasteiger charge is 2.10. The maximum absolute atomic E-state index is 6.10. The zero-order valence-corrected chi connectivity index (χ0v) is 12.3. The number of halogens is 1. The van der Waals surface area contributed by atoms with Gasteiger partial charge in [0, 0.05) is 30.0 Å². The van der Waals surface area contributed by atoms with Gasteiger partial charge in [-0.05, 0) is 54.8 Å². The molecule has 2 aromatic carbocycles. The Hall–Kier alpha value is -1.51. The van der Waals surface area contributed by atoms with E-state index in [1.165, 1.54) is 11.1 Å². The van der Waals surface area contributed by atoms with E-state index in [4.69, 9.17) is 17.3 Å². The molecule has 3 heteroatoms. The Bertz CT molecular complexity index is 573. The van der Waals surface area contributed by atoms with Crippen molar-refractivity contribution in [3.8, 4) is 0 Å². The molecule has 0 aliphatic heterocycles. The highest BCUT2D eigenvalue weighted by Crippen LogP contribution is 2.30. The van der Waals surface area contributed by atoms with Crippen LogP contribution in [0.3, 0.4) is 0 Å². The van der Waals surface area contributed by atoms with Gasteiger partial charge in [-0.2, -0.15) is 0 Å². The summed E-state index contributed by atoms with van der Waals surface area (Å²) in [7, 11) is 2.04. The molecule has 0 spiro atoms. The number of hydrogen-bond acceptors (Lipinski definition) is 2.